The molecule has 3 aromatic rings. The molecule has 0 spiro atoms. The van der Waals surface area contributed by atoms with Crippen LogP contribution in [0.2, 0.25) is 0 Å². The van der Waals surface area contributed by atoms with Crippen LogP contribution >= 0.6 is 0 Å². The number of furan rings is 1. The first kappa shape index (κ1) is 12.9. The second kappa shape index (κ2) is 5.88. The van der Waals surface area contributed by atoms with Crippen molar-refractivity contribution in [3.63, 3.8) is 0 Å². The molecule has 0 atom stereocenters. The van der Waals surface area contributed by atoms with Gasteiger partial charge in [0.15, 0.2) is 5.76 Å². The van der Waals surface area contributed by atoms with Gasteiger partial charge in [-0.25, -0.2) is 0 Å². The highest BCUT2D eigenvalue weighted by Gasteiger charge is 2.13. The zero-order valence-electron chi connectivity index (χ0n) is 11.4. The molecule has 5 nitrogen and oxygen atoms in total. The molecule has 2 heterocycles. The Labute approximate surface area is 117 Å². The molecular formula is C15H17N3O2. The molecule has 0 saturated carbocycles. The third kappa shape index (κ3) is 2.72. The van der Waals surface area contributed by atoms with Crippen molar-refractivity contribution in [1.82, 2.24) is 15.5 Å². The van der Waals surface area contributed by atoms with Gasteiger partial charge in [-0.2, -0.15) is 0 Å². The summed E-state index contributed by atoms with van der Waals surface area (Å²) in [4.78, 5) is 0. The van der Waals surface area contributed by atoms with E-state index < -0.39 is 0 Å². The number of hydrogen-bond donors (Lipinski definition) is 1. The molecule has 0 amide bonds. The van der Waals surface area contributed by atoms with Crippen LogP contribution in [0.1, 0.15) is 19.2 Å². The largest absolute Gasteiger partial charge is 0.451 e. The number of rotatable bonds is 6. The smallest absolute Gasteiger partial charge is 0.283 e. The van der Waals surface area contributed by atoms with Crippen LogP contribution < -0.4 is 5.32 Å². The number of aromatic nitrogens is 2. The predicted molar refractivity (Wildman–Crippen MR) is 76.4 cm³/mol. The summed E-state index contributed by atoms with van der Waals surface area (Å²) in [6.45, 7) is 3.99. The van der Waals surface area contributed by atoms with Crippen LogP contribution in [-0.4, -0.2) is 23.3 Å². The van der Waals surface area contributed by atoms with Gasteiger partial charge < -0.3 is 14.2 Å². The lowest BCUT2D eigenvalue weighted by Gasteiger charge is -1.98. The predicted octanol–water partition coefficient (Wildman–Crippen LogP) is 3.02. The van der Waals surface area contributed by atoms with E-state index >= 15 is 0 Å². The Kier molecular flexibility index (Phi) is 3.78. The fourth-order valence-corrected chi connectivity index (χ4v) is 2.04. The van der Waals surface area contributed by atoms with Crippen LogP contribution in [0.15, 0.2) is 39.2 Å². The molecule has 0 radical (unpaired) electrons. The molecule has 5 heteroatoms. The number of hydrogen-bond acceptors (Lipinski definition) is 5. The number of nitrogens with one attached hydrogen (secondary N) is 1. The lowest BCUT2D eigenvalue weighted by Crippen LogP contribution is -2.17. The first-order chi connectivity index (χ1) is 9.86. The zero-order chi connectivity index (χ0) is 13.8. The van der Waals surface area contributed by atoms with Crippen LogP contribution in [-0.2, 0) is 6.42 Å². The molecule has 104 valence electrons. The number of benzene rings is 1. The normalized spacial score (nSPS) is 11.2. The van der Waals surface area contributed by atoms with Crippen molar-refractivity contribution in [2.24, 2.45) is 0 Å². The third-order valence-electron chi connectivity index (χ3n) is 3.05. The zero-order valence-corrected chi connectivity index (χ0v) is 11.4. The topological polar surface area (TPSA) is 64.1 Å². The van der Waals surface area contributed by atoms with E-state index in [0.29, 0.717) is 17.5 Å². The van der Waals surface area contributed by atoms with Crippen molar-refractivity contribution in [1.29, 1.82) is 0 Å². The van der Waals surface area contributed by atoms with Gasteiger partial charge in [0, 0.05) is 18.4 Å². The third-order valence-corrected chi connectivity index (χ3v) is 3.05. The molecule has 0 fully saturated rings. The van der Waals surface area contributed by atoms with E-state index in [1.54, 1.807) is 0 Å². The Morgan fingerprint density at radius 2 is 2.00 bits per heavy atom. The van der Waals surface area contributed by atoms with Crippen LogP contribution in [0, 0.1) is 0 Å². The number of fused-ring (bicyclic) bond motifs is 1. The molecule has 3 rings (SSSR count). The van der Waals surface area contributed by atoms with Gasteiger partial charge in [-0.05, 0) is 25.1 Å². The van der Waals surface area contributed by atoms with E-state index in [-0.39, 0.29) is 0 Å². The summed E-state index contributed by atoms with van der Waals surface area (Å²) in [5, 5.41) is 12.4. The minimum absolute atomic E-state index is 0.437. The Bertz CT molecular complexity index is 654. The molecule has 0 unspecified atom stereocenters. The van der Waals surface area contributed by atoms with Gasteiger partial charge in [-0.1, -0.05) is 25.1 Å². The van der Waals surface area contributed by atoms with Gasteiger partial charge in [0.25, 0.3) is 5.89 Å². The van der Waals surface area contributed by atoms with Gasteiger partial charge in [-0.3, -0.25) is 0 Å². The summed E-state index contributed by atoms with van der Waals surface area (Å²) in [6.07, 6.45) is 1.85. The molecule has 1 N–H and O–H groups in total. The summed E-state index contributed by atoms with van der Waals surface area (Å²) < 4.78 is 11.3. The standard InChI is InChI=1S/C15H17N3O2/c1-2-8-16-9-7-14-17-18-15(20-14)13-10-11-5-3-4-6-12(11)19-13/h3-6,10,16H,2,7-9H2,1H3. The summed E-state index contributed by atoms with van der Waals surface area (Å²) >= 11 is 0. The molecule has 0 bridgehead atoms. The van der Waals surface area contributed by atoms with E-state index in [1.807, 2.05) is 30.3 Å². The van der Waals surface area contributed by atoms with Crippen LogP contribution in [0.25, 0.3) is 22.6 Å². The fourth-order valence-electron chi connectivity index (χ4n) is 2.04. The van der Waals surface area contributed by atoms with Gasteiger partial charge in [0.05, 0.1) is 0 Å². The first-order valence-corrected chi connectivity index (χ1v) is 6.89. The molecule has 20 heavy (non-hydrogen) atoms. The summed E-state index contributed by atoms with van der Waals surface area (Å²) in [5.74, 6) is 1.68. The Morgan fingerprint density at radius 1 is 1.10 bits per heavy atom. The minimum atomic E-state index is 0.437. The van der Waals surface area contributed by atoms with E-state index in [9.17, 15) is 0 Å². The highest BCUT2D eigenvalue weighted by Crippen LogP contribution is 2.26. The van der Waals surface area contributed by atoms with Crippen LogP contribution in [0.5, 0.6) is 0 Å². The van der Waals surface area contributed by atoms with Crippen molar-refractivity contribution < 1.29 is 8.83 Å². The van der Waals surface area contributed by atoms with Crippen LogP contribution in [0.4, 0.5) is 0 Å². The second-order valence-electron chi connectivity index (χ2n) is 4.65. The average molecular weight is 271 g/mol. The summed E-state index contributed by atoms with van der Waals surface area (Å²) in [5.41, 5.74) is 0.826. The minimum Gasteiger partial charge on any atom is -0.451 e. The summed E-state index contributed by atoms with van der Waals surface area (Å²) in [7, 11) is 0. The highest BCUT2D eigenvalue weighted by atomic mass is 16.4. The molecule has 2 aromatic heterocycles. The van der Waals surface area contributed by atoms with Gasteiger partial charge in [-0.15, -0.1) is 10.2 Å². The highest BCUT2D eigenvalue weighted by molar-refractivity contribution is 5.81. The maximum absolute atomic E-state index is 5.70. The molecular weight excluding hydrogens is 254 g/mol. The fraction of sp³-hybridized carbons (Fsp3) is 0.333. The van der Waals surface area contributed by atoms with E-state index in [4.69, 9.17) is 8.83 Å². The lowest BCUT2D eigenvalue weighted by atomic mass is 10.2. The van der Waals surface area contributed by atoms with Gasteiger partial charge in [0.2, 0.25) is 5.89 Å². The first-order valence-electron chi connectivity index (χ1n) is 6.89. The molecule has 0 saturated heterocycles. The molecule has 0 aliphatic carbocycles. The Balaban J connectivity index is 1.72. The lowest BCUT2D eigenvalue weighted by molar-refractivity contribution is 0.479. The number of para-hydroxylation sites is 1. The second-order valence-corrected chi connectivity index (χ2v) is 4.65. The van der Waals surface area contributed by atoms with E-state index in [0.717, 1.165) is 36.9 Å². The Morgan fingerprint density at radius 3 is 2.85 bits per heavy atom. The number of nitrogens with zero attached hydrogens (tertiary/aromatic N) is 2. The maximum atomic E-state index is 5.70. The van der Waals surface area contributed by atoms with E-state index in [1.165, 1.54) is 0 Å². The van der Waals surface area contributed by atoms with Gasteiger partial charge >= 0.3 is 0 Å². The maximum Gasteiger partial charge on any atom is 0.283 e. The van der Waals surface area contributed by atoms with Crippen LogP contribution in [0.3, 0.4) is 0 Å². The van der Waals surface area contributed by atoms with Crippen molar-refractivity contribution >= 4 is 11.0 Å². The van der Waals surface area contributed by atoms with Gasteiger partial charge in [0.1, 0.15) is 5.58 Å². The molecule has 1 aromatic carbocycles. The van der Waals surface area contributed by atoms with E-state index in [2.05, 4.69) is 22.4 Å². The van der Waals surface area contributed by atoms with Crippen molar-refractivity contribution in [3.05, 3.63) is 36.2 Å². The quantitative estimate of drug-likeness (QED) is 0.698. The molecule has 0 aliphatic heterocycles. The Hall–Kier alpha value is -2.14. The molecule has 0 aliphatic rings. The average Bonchev–Trinajstić information content (AvgIpc) is 3.09. The summed E-state index contributed by atoms with van der Waals surface area (Å²) in [6, 6.07) is 9.75. The van der Waals surface area contributed by atoms with Crippen molar-refractivity contribution in [2.45, 2.75) is 19.8 Å². The SMILES string of the molecule is CCCNCCc1nnc(-c2cc3ccccc3o2)o1. The van der Waals surface area contributed by atoms with Crippen molar-refractivity contribution in [2.75, 3.05) is 13.1 Å². The van der Waals surface area contributed by atoms with Crippen molar-refractivity contribution in [3.8, 4) is 11.7 Å². The monoisotopic (exact) mass is 271 g/mol.